The van der Waals surface area contributed by atoms with Crippen LogP contribution in [0.15, 0.2) is 34.9 Å². The Hall–Kier alpha value is -2.13. The Balaban J connectivity index is 0.00000225. The second-order valence-corrected chi connectivity index (χ2v) is 5.66. The van der Waals surface area contributed by atoms with E-state index in [1.807, 2.05) is 6.07 Å². The molecule has 1 aromatic heterocycles. The number of carboxylic acid groups (broad SMARTS) is 1. The van der Waals surface area contributed by atoms with E-state index in [-0.39, 0.29) is 31.4 Å². The molecule has 6 nitrogen and oxygen atoms in total. The number of nitrogens with zero attached hydrogens (tertiary/aromatic N) is 3. The Morgan fingerprint density at radius 3 is 2.52 bits per heavy atom. The summed E-state index contributed by atoms with van der Waals surface area (Å²) in [5, 5.41) is 12.8. The number of hydrogen-bond acceptors (Lipinski definition) is 5. The number of hydrogen-bond donors (Lipinski definition) is 1. The number of aliphatic carboxylic acids is 1. The molecule has 3 rings (SSSR count). The van der Waals surface area contributed by atoms with Crippen molar-refractivity contribution in [2.24, 2.45) is 11.8 Å². The van der Waals surface area contributed by atoms with Crippen LogP contribution in [0.25, 0.3) is 11.4 Å². The molecule has 2 atom stereocenters. The third-order valence-corrected chi connectivity index (χ3v) is 3.99. The van der Waals surface area contributed by atoms with E-state index in [2.05, 4.69) is 10.1 Å². The smallest absolute Gasteiger partial charge is 0.393 e. The summed E-state index contributed by atoms with van der Waals surface area (Å²) in [6.07, 6.45) is -4.55. The zero-order chi connectivity index (χ0) is 17.3. The van der Waals surface area contributed by atoms with Crippen LogP contribution < -0.4 is 0 Å². The highest BCUT2D eigenvalue weighted by molar-refractivity contribution is 5.85. The van der Waals surface area contributed by atoms with E-state index < -0.39 is 30.5 Å². The number of alkyl halides is 3. The molecular weight excluding hydrogens is 363 g/mol. The van der Waals surface area contributed by atoms with E-state index in [1.54, 1.807) is 24.3 Å². The number of benzene rings is 1. The van der Waals surface area contributed by atoms with Crippen LogP contribution in [-0.4, -0.2) is 45.4 Å². The molecule has 1 N–H and O–H groups in total. The van der Waals surface area contributed by atoms with Gasteiger partial charge in [-0.25, -0.2) is 0 Å². The minimum Gasteiger partial charge on any atom is -0.481 e. The summed E-state index contributed by atoms with van der Waals surface area (Å²) < 4.78 is 44.0. The molecule has 2 heterocycles. The molecule has 1 aliphatic rings. The molecule has 0 saturated carbocycles. The van der Waals surface area contributed by atoms with Crippen molar-refractivity contribution >= 4 is 18.4 Å². The average Bonchev–Trinajstić information content (AvgIpc) is 3.15. The van der Waals surface area contributed by atoms with Gasteiger partial charge in [0.15, 0.2) is 0 Å². The number of carbonyl (C=O) groups is 1. The Bertz CT molecular complexity index is 724. The number of halogens is 4. The summed E-state index contributed by atoms with van der Waals surface area (Å²) in [6, 6.07) is 9.00. The first-order chi connectivity index (χ1) is 11.3. The van der Waals surface area contributed by atoms with E-state index in [4.69, 9.17) is 9.63 Å². The lowest BCUT2D eigenvalue weighted by atomic mass is 9.96. The molecule has 0 radical (unpaired) electrons. The van der Waals surface area contributed by atoms with Crippen LogP contribution in [0.3, 0.4) is 0 Å². The molecule has 25 heavy (non-hydrogen) atoms. The maximum Gasteiger partial charge on any atom is 0.393 e. The molecule has 1 aromatic carbocycles. The summed E-state index contributed by atoms with van der Waals surface area (Å²) in [5.74, 6) is -4.34. The van der Waals surface area contributed by atoms with Crippen molar-refractivity contribution in [2.75, 3.05) is 13.1 Å². The fraction of sp³-hybridized carbons (Fsp3) is 0.400. The minimum absolute atomic E-state index is 0. The van der Waals surface area contributed by atoms with Gasteiger partial charge in [0.05, 0.1) is 18.4 Å². The number of rotatable bonds is 4. The topological polar surface area (TPSA) is 79.5 Å². The summed E-state index contributed by atoms with van der Waals surface area (Å²) in [5.41, 5.74) is 0.727. The highest BCUT2D eigenvalue weighted by Crippen LogP contribution is 2.38. The van der Waals surface area contributed by atoms with E-state index in [0.29, 0.717) is 5.82 Å². The van der Waals surface area contributed by atoms with Gasteiger partial charge in [0.1, 0.15) is 0 Å². The second kappa shape index (κ2) is 7.40. The maximum atomic E-state index is 13.0. The zero-order valence-electron chi connectivity index (χ0n) is 12.8. The quantitative estimate of drug-likeness (QED) is 0.882. The second-order valence-electron chi connectivity index (χ2n) is 5.66. The van der Waals surface area contributed by atoms with Crippen LogP contribution in [-0.2, 0) is 11.3 Å². The number of likely N-dealkylation sites (tertiary alicyclic amines) is 1. The van der Waals surface area contributed by atoms with Crippen LogP contribution in [0.2, 0.25) is 0 Å². The minimum atomic E-state index is -4.55. The number of aromatic nitrogens is 2. The fourth-order valence-corrected chi connectivity index (χ4v) is 2.81. The van der Waals surface area contributed by atoms with Crippen molar-refractivity contribution in [3.8, 4) is 11.4 Å². The van der Waals surface area contributed by atoms with Crippen LogP contribution in [0, 0.1) is 11.8 Å². The molecule has 2 aromatic rings. The van der Waals surface area contributed by atoms with E-state index in [1.165, 1.54) is 4.90 Å². The highest BCUT2D eigenvalue weighted by Gasteiger charge is 2.52. The van der Waals surface area contributed by atoms with Gasteiger partial charge < -0.3 is 9.63 Å². The lowest BCUT2D eigenvalue weighted by molar-refractivity contribution is -0.188. The van der Waals surface area contributed by atoms with Crippen molar-refractivity contribution < 1.29 is 27.6 Å². The predicted molar refractivity (Wildman–Crippen MR) is 82.9 cm³/mol. The Labute approximate surface area is 147 Å². The Kier molecular flexibility index (Phi) is 5.69. The van der Waals surface area contributed by atoms with Gasteiger partial charge in [-0.3, -0.25) is 9.69 Å². The van der Waals surface area contributed by atoms with Gasteiger partial charge in [-0.1, -0.05) is 35.5 Å². The standard InChI is InChI=1S/C15H14F3N3O3.ClH/c16-15(17,18)11-7-21(6-10(11)14(22)23)8-12-19-13(20-24-12)9-4-2-1-3-5-9;/h1-5,10-11H,6-8H2,(H,22,23);1H/t10-,11-;/m1./s1. The first-order valence-electron chi connectivity index (χ1n) is 7.24. The average molecular weight is 378 g/mol. The SMILES string of the molecule is Cl.O=C(O)[C@@H]1CN(Cc2nc(-c3ccccc3)no2)C[C@H]1C(F)(F)F. The molecule has 1 fully saturated rings. The fourth-order valence-electron chi connectivity index (χ4n) is 2.81. The third kappa shape index (κ3) is 4.29. The molecule has 0 aliphatic carbocycles. The first kappa shape index (κ1) is 19.2. The van der Waals surface area contributed by atoms with Gasteiger partial charge in [0, 0.05) is 18.7 Å². The molecule has 10 heteroatoms. The molecule has 0 amide bonds. The van der Waals surface area contributed by atoms with Crippen molar-refractivity contribution in [1.82, 2.24) is 15.0 Å². The molecular formula is C15H15ClF3N3O3. The van der Waals surface area contributed by atoms with Crippen molar-refractivity contribution in [3.05, 3.63) is 36.2 Å². The van der Waals surface area contributed by atoms with Gasteiger partial charge in [-0.2, -0.15) is 18.2 Å². The van der Waals surface area contributed by atoms with E-state index >= 15 is 0 Å². The summed E-state index contributed by atoms with van der Waals surface area (Å²) in [7, 11) is 0. The van der Waals surface area contributed by atoms with Gasteiger partial charge in [-0.15, -0.1) is 12.4 Å². The van der Waals surface area contributed by atoms with Crippen LogP contribution in [0.4, 0.5) is 13.2 Å². The lowest BCUT2D eigenvalue weighted by Crippen LogP contribution is -2.33. The maximum absolute atomic E-state index is 13.0. The summed E-state index contributed by atoms with van der Waals surface area (Å²) in [4.78, 5) is 16.6. The van der Waals surface area contributed by atoms with Gasteiger partial charge in [-0.05, 0) is 0 Å². The van der Waals surface area contributed by atoms with E-state index in [9.17, 15) is 18.0 Å². The van der Waals surface area contributed by atoms with Crippen LogP contribution >= 0.6 is 12.4 Å². The van der Waals surface area contributed by atoms with Gasteiger partial charge in [0.25, 0.3) is 0 Å². The summed E-state index contributed by atoms with van der Waals surface area (Å²) in [6.45, 7) is -0.623. The Morgan fingerprint density at radius 1 is 1.28 bits per heavy atom. The van der Waals surface area contributed by atoms with E-state index in [0.717, 1.165) is 5.56 Å². The highest BCUT2D eigenvalue weighted by atomic mass is 35.5. The molecule has 1 aliphatic heterocycles. The summed E-state index contributed by atoms with van der Waals surface area (Å²) >= 11 is 0. The van der Waals surface area contributed by atoms with Crippen LogP contribution in [0.1, 0.15) is 5.89 Å². The molecule has 0 bridgehead atoms. The normalized spacial score (nSPS) is 21.1. The molecule has 0 spiro atoms. The first-order valence-corrected chi connectivity index (χ1v) is 7.24. The monoisotopic (exact) mass is 377 g/mol. The zero-order valence-corrected chi connectivity index (χ0v) is 13.6. The largest absolute Gasteiger partial charge is 0.481 e. The van der Waals surface area contributed by atoms with Crippen molar-refractivity contribution in [2.45, 2.75) is 12.7 Å². The van der Waals surface area contributed by atoms with Gasteiger partial charge >= 0.3 is 12.1 Å². The third-order valence-electron chi connectivity index (χ3n) is 3.99. The van der Waals surface area contributed by atoms with Gasteiger partial charge in [0.2, 0.25) is 11.7 Å². The molecule has 136 valence electrons. The number of carboxylic acids is 1. The van der Waals surface area contributed by atoms with Crippen molar-refractivity contribution in [1.29, 1.82) is 0 Å². The van der Waals surface area contributed by atoms with Crippen LogP contribution in [0.5, 0.6) is 0 Å². The predicted octanol–water partition coefficient (Wildman–Crippen LogP) is 2.85. The molecule has 0 unspecified atom stereocenters. The van der Waals surface area contributed by atoms with Crippen molar-refractivity contribution in [3.63, 3.8) is 0 Å². The lowest BCUT2D eigenvalue weighted by Gasteiger charge is -2.17. The molecule has 1 saturated heterocycles. The Morgan fingerprint density at radius 2 is 1.96 bits per heavy atom.